The molecule has 0 heterocycles. The van der Waals surface area contributed by atoms with Crippen LogP contribution < -0.4 is 10.6 Å². The van der Waals surface area contributed by atoms with E-state index in [1.807, 2.05) is 0 Å². The van der Waals surface area contributed by atoms with Crippen LogP contribution in [0.25, 0.3) is 0 Å². The number of esters is 1. The van der Waals surface area contributed by atoms with Gasteiger partial charge in [-0.2, -0.15) is 0 Å². The Morgan fingerprint density at radius 3 is 2.54 bits per heavy atom. The summed E-state index contributed by atoms with van der Waals surface area (Å²) in [6.07, 6.45) is 0. The number of hydrogen-bond acceptors (Lipinski definition) is 3. The van der Waals surface area contributed by atoms with Crippen molar-refractivity contribution in [2.24, 2.45) is 0 Å². The van der Waals surface area contributed by atoms with Gasteiger partial charge in [-0.15, -0.1) is 0 Å². The van der Waals surface area contributed by atoms with Crippen molar-refractivity contribution in [3.05, 3.63) is 12.2 Å². The molecule has 5 heteroatoms. The third-order valence-corrected chi connectivity index (χ3v) is 1.20. The molecule has 5 nitrogen and oxygen atoms in total. The Bertz CT molecular complexity index is 213. The van der Waals surface area contributed by atoms with E-state index in [2.05, 4.69) is 17.2 Å². The summed E-state index contributed by atoms with van der Waals surface area (Å²) in [4.78, 5) is 21.4. The van der Waals surface area contributed by atoms with Crippen molar-refractivity contribution in [1.82, 2.24) is 10.6 Å². The molecule has 0 aliphatic heterocycles. The maximum absolute atomic E-state index is 10.8. The number of urea groups is 1. The Morgan fingerprint density at radius 1 is 1.46 bits per heavy atom. The van der Waals surface area contributed by atoms with Crippen LogP contribution in [-0.4, -0.2) is 32.2 Å². The maximum atomic E-state index is 10.8. The van der Waals surface area contributed by atoms with Gasteiger partial charge in [0.05, 0.1) is 6.54 Å². The first-order valence-electron chi connectivity index (χ1n) is 3.86. The van der Waals surface area contributed by atoms with Crippen LogP contribution in [-0.2, 0) is 9.53 Å². The highest BCUT2D eigenvalue weighted by molar-refractivity contribution is 5.86. The van der Waals surface area contributed by atoms with Crippen LogP contribution in [0.2, 0.25) is 0 Å². The summed E-state index contributed by atoms with van der Waals surface area (Å²) in [7, 11) is 1.51. The quantitative estimate of drug-likeness (QED) is 0.370. The highest BCUT2D eigenvalue weighted by Gasteiger charge is 2.02. The van der Waals surface area contributed by atoms with Gasteiger partial charge in [0.2, 0.25) is 0 Å². The molecule has 2 amide bonds. The van der Waals surface area contributed by atoms with Crippen molar-refractivity contribution in [3.8, 4) is 0 Å². The van der Waals surface area contributed by atoms with E-state index in [9.17, 15) is 9.59 Å². The second kappa shape index (κ2) is 6.05. The van der Waals surface area contributed by atoms with Gasteiger partial charge in [0.1, 0.15) is 6.61 Å². The van der Waals surface area contributed by atoms with Crippen LogP contribution in [0.15, 0.2) is 12.2 Å². The maximum Gasteiger partial charge on any atom is 0.333 e. The minimum absolute atomic E-state index is 0.152. The Hall–Kier alpha value is -1.52. The van der Waals surface area contributed by atoms with Gasteiger partial charge in [-0.05, 0) is 6.92 Å². The van der Waals surface area contributed by atoms with Crippen LogP contribution in [0.3, 0.4) is 0 Å². The summed E-state index contributed by atoms with van der Waals surface area (Å²) in [5, 5.41) is 4.84. The molecule has 0 aromatic rings. The zero-order valence-corrected chi connectivity index (χ0v) is 7.85. The Labute approximate surface area is 77.1 Å². The number of ether oxygens (including phenoxy) is 1. The molecule has 0 aromatic heterocycles. The Morgan fingerprint density at radius 2 is 2.08 bits per heavy atom. The summed E-state index contributed by atoms with van der Waals surface area (Å²) < 4.78 is 4.72. The molecule has 2 N–H and O–H groups in total. The van der Waals surface area contributed by atoms with E-state index < -0.39 is 5.97 Å². The first kappa shape index (κ1) is 11.5. The number of amides is 2. The van der Waals surface area contributed by atoms with Crippen LogP contribution in [0.4, 0.5) is 4.79 Å². The van der Waals surface area contributed by atoms with Gasteiger partial charge in [0.15, 0.2) is 0 Å². The molecule has 0 fully saturated rings. The molecule has 13 heavy (non-hydrogen) atoms. The largest absolute Gasteiger partial charge is 0.460 e. The first-order chi connectivity index (χ1) is 6.07. The molecule has 0 aliphatic carbocycles. The molecule has 0 unspecified atom stereocenters. The van der Waals surface area contributed by atoms with Crippen molar-refractivity contribution in [1.29, 1.82) is 0 Å². The second-order valence-electron chi connectivity index (χ2n) is 2.42. The van der Waals surface area contributed by atoms with E-state index >= 15 is 0 Å². The minimum Gasteiger partial charge on any atom is -0.460 e. The highest BCUT2D eigenvalue weighted by Crippen LogP contribution is 1.90. The van der Waals surface area contributed by atoms with Gasteiger partial charge in [0, 0.05) is 12.6 Å². The molecule has 0 spiro atoms. The van der Waals surface area contributed by atoms with Crippen molar-refractivity contribution in [2.45, 2.75) is 6.92 Å². The van der Waals surface area contributed by atoms with Gasteiger partial charge < -0.3 is 15.4 Å². The lowest BCUT2D eigenvalue weighted by molar-refractivity contribution is -0.138. The molecule has 74 valence electrons. The lowest BCUT2D eigenvalue weighted by Crippen LogP contribution is -2.35. The summed E-state index contributed by atoms with van der Waals surface area (Å²) in [6.45, 7) is 5.42. The number of carbonyl (C=O) groups excluding carboxylic acids is 2. The third kappa shape index (κ3) is 5.72. The SMILES string of the molecule is C=C(C)C(=O)OCCNC(=O)NC. The molecular weight excluding hydrogens is 172 g/mol. The van der Waals surface area contributed by atoms with Crippen molar-refractivity contribution >= 4 is 12.0 Å². The summed E-state index contributed by atoms with van der Waals surface area (Å²) in [5.74, 6) is -0.446. The van der Waals surface area contributed by atoms with Crippen LogP contribution in [0.5, 0.6) is 0 Å². The van der Waals surface area contributed by atoms with Gasteiger partial charge in [-0.1, -0.05) is 6.58 Å². The Kier molecular flexibility index (Phi) is 5.34. The van der Waals surface area contributed by atoms with E-state index in [0.717, 1.165) is 0 Å². The highest BCUT2D eigenvalue weighted by atomic mass is 16.5. The van der Waals surface area contributed by atoms with E-state index in [1.165, 1.54) is 7.05 Å². The van der Waals surface area contributed by atoms with E-state index in [4.69, 9.17) is 4.74 Å². The summed E-state index contributed by atoms with van der Waals surface area (Å²) in [5.41, 5.74) is 0.347. The molecule has 0 atom stereocenters. The third-order valence-electron chi connectivity index (χ3n) is 1.20. The molecule has 0 radical (unpaired) electrons. The van der Waals surface area contributed by atoms with Crippen molar-refractivity contribution in [3.63, 3.8) is 0 Å². The average Bonchev–Trinajstić information content (AvgIpc) is 2.11. The predicted molar refractivity (Wildman–Crippen MR) is 48.2 cm³/mol. The zero-order valence-electron chi connectivity index (χ0n) is 7.85. The van der Waals surface area contributed by atoms with Crippen molar-refractivity contribution in [2.75, 3.05) is 20.2 Å². The fraction of sp³-hybridized carbons (Fsp3) is 0.500. The molecule has 0 rings (SSSR count). The lowest BCUT2D eigenvalue weighted by Gasteiger charge is -2.05. The summed E-state index contributed by atoms with van der Waals surface area (Å²) in [6, 6.07) is -0.300. The zero-order chi connectivity index (χ0) is 10.3. The van der Waals surface area contributed by atoms with Crippen LogP contribution >= 0.6 is 0 Å². The standard InChI is InChI=1S/C8H14N2O3/c1-6(2)7(11)13-5-4-10-8(12)9-3/h1,4-5H2,2-3H3,(H2,9,10,12). The molecule has 0 aliphatic rings. The molecular formula is C8H14N2O3. The fourth-order valence-electron chi connectivity index (χ4n) is 0.520. The Balaban J connectivity index is 3.41. The molecule has 0 bridgehead atoms. The number of rotatable bonds is 4. The van der Waals surface area contributed by atoms with Gasteiger partial charge >= 0.3 is 12.0 Å². The van der Waals surface area contributed by atoms with Crippen LogP contribution in [0.1, 0.15) is 6.92 Å². The number of nitrogens with one attached hydrogen (secondary N) is 2. The van der Waals surface area contributed by atoms with E-state index in [1.54, 1.807) is 6.92 Å². The molecule has 0 saturated carbocycles. The molecule has 0 saturated heterocycles. The second-order valence-corrected chi connectivity index (χ2v) is 2.42. The fourth-order valence-corrected chi connectivity index (χ4v) is 0.520. The van der Waals surface area contributed by atoms with Crippen LogP contribution in [0, 0.1) is 0 Å². The lowest BCUT2D eigenvalue weighted by atomic mass is 10.4. The predicted octanol–water partition coefficient (Wildman–Crippen LogP) is 0.0347. The van der Waals surface area contributed by atoms with Gasteiger partial charge in [0.25, 0.3) is 0 Å². The van der Waals surface area contributed by atoms with Gasteiger partial charge in [-0.3, -0.25) is 0 Å². The molecule has 0 aromatic carbocycles. The normalized spacial score (nSPS) is 8.77. The van der Waals surface area contributed by atoms with Crippen molar-refractivity contribution < 1.29 is 14.3 Å². The number of carbonyl (C=O) groups is 2. The smallest absolute Gasteiger partial charge is 0.333 e. The number of hydrogen-bond donors (Lipinski definition) is 2. The minimum atomic E-state index is -0.446. The van der Waals surface area contributed by atoms with Gasteiger partial charge in [-0.25, -0.2) is 9.59 Å². The van der Waals surface area contributed by atoms with E-state index in [-0.39, 0.29) is 12.6 Å². The summed E-state index contributed by atoms with van der Waals surface area (Å²) >= 11 is 0. The first-order valence-corrected chi connectivity index (χ1v) is 3.86. The average molecular weight is 186 g/mol. The monoisotopic (exact) mass is 186 g/mol. The van der Waals surface area contributed by atoms with E-state index in [0.29, 0.717) is 12.1 Å². The topological polar surface area (TPSA) is 67.4 Å².